The van der Waals surface area contributed by atoms with E-state index in [0.717, 1.165) is 25.1 Å². The average molecular weight is 259 g/mol. The molecule has 0 aromatic heterocycles. The molecule has 0 aliphatic carbocycles. The van der Waals surface area contributed by atoms with Crippen LogP contribution in [-0.4, -0.2) is 32.1 Å². The van der Waals surface area contributed by atoms with Crippen LogP contribution in [0, 0.1) is 5.82 Å². The number of rotatable bonds is 6. The van der Waals surface area contributed by atoms with Crippen LogP contribution in [0.5, 0.6) is 0 Å². The Kier molecular flexibility index (Phi) is 5.89. The molecule has 2 nitrogen and oxygen atoms in total. The minimum Gasteiger partial charge on any atom is -0.310 e. The van der Waals surface area contributed by atoms with Gasteiger partial charge in [-0.05, 0) is 58.2 Å². The van der Waals surface area contributed by atoms with Crippen molar-refractivity contribution >= 4 is 11.6 Å². The first-order chi connectivity index (χ1) is 8.00. The summed E-state index contributed by atoms with van der Waals surface area (Å²) in [6.45, 7) is 4.05. The van der Waals surface area contributed by atoms with Crippen molar-refractivity contribution in [2.45, 2.75) is 19.4 Å². The van der Waals surface area contributed by atoms with Crippen molar-refractivity contribution in [3.05, 3.63) is 34.6 Å². The van der Waals surface area contributed by atoms with E-state index >= 15 is 0 Å². The van der Waals surface area contributed by atoms with Crippen LogP contribution < -0.4 is 5.32 Å². The first-order valence-corrected chi connectivity index (χ1v) is 6.21. The second-order valence-corrected chi connectivity index (χ2v) is 4.91. The van der Waals surface area contributed by atoms with Crippen molar-refractivity contribution in [2.24, 2.45) is 0 Å². The highest BCUT2D eigenvalue weighted by Gasteiger charge is 2.07. The summed E-state index contributed by atoms with van der Waals surface area (Å²) in [5, 5.41) is 3.58. The number of nitrogens with one attached hydrogen (secondary N) is 1. The zero-order valence-corrected chi connectivity index (χ0v) is 11.4. The van der Waals surface area contributed by atoms with Gasteiger partial charge in [0.1, 0.15) is 5.82 Å². The second-order valence-electron chi connectivity index (χ2n) is 4.51. The number of hydrogen-bond acceptors (Lipinski definition) is 2. The molecule has 0 heterocycles. The summed E-state index contributed by atoms with van der Waals surface area (Å²) in [7, 11) is 4.12. The van der Waals surface area contributed by atoms with Crippen molar-refractivity contribution in [3.8, 4) is 0 Å². The smallest absolute Gasteiger partial charge is 0.141 e. The molecule has 0 spiro atoms. The summed E-state index contributed by atoms with van der Waals surface area (Å²) in [6, 6.07) is 5.05. The van der Waals surface area contributed by atoms with Gasteiger partial charge < -0.3 is 10.2 Å². The molecule has 4 heteroatoms. The monoisotopic (exact) mass is 258 g/mol. The van der Waals surface area contributed by atoms with E-state index in [4.69, 9.17) is 11.6 Å². The molecule has 0 saturated carbocycles. The quantitative estimate of drug-likeness (QED) is 0.789. The average Bonchev–Trinajstić information content (AvgIpc) is 2.27. The minimum atomic E-state index is -0.366. The third-order valence-electron chi connectivity index (χ3n) is 2.68. The van der Waals surface area contributed by atoms with Gasteiger partial charge in [-0.2, -0.15) is 0 Å². The van der Waals surface area contributed by atoms with Gasteiger partial charge in [-0.1, -0.05) is 17.7 Å². The van der Waals surface area contributed by atoms with Crippen LogP contribution in [0.1, 0.15) is 24.9 Å². The molecule has 1 aromatic carbocycles. The van der Waals surface area contributed by atoms with Gasteiger partial charge in [-0.3, -0.25) is 0 Å². The molecule has 0 aliphatic heterocycles. The summed E-state index contributed by atoms with van der Waals surface area (Å²) in [5.74, 6) is -0.366. The Morgan fingerprint density at radius 1 is 1.41 bits per heavy atom. The van der Waals surface area contributed by atoms with Crippen LogP contribution >= 0.6 is 11.6 Å². The maximum Gasteiger partial charge on any atom is 0.141 e. The highest BCUT2D eigenvalue weighted by molar-refractivity contribution is 6.30. The van der Waals surface area contributed by atoms with Crippen molar-refractivity contribution in [1.29, 1.82) is 0 Å². The molecule has 17 heavy (non-hydrogen) atoms. The van der Waals surface area contributed by atoms with Crippen molar-refractivity contribution in [2.75, 3.05) is 27.2 Å². The molecule has 1 aromatic rings. The first kappa shape index (κ1) is 14.4. The minimum absolute atomic E-state index is 0.185. The highest BCUT2D eigenvalue weighted by Crippen LogP contribution is 2.20. The SMILES string of the molecule is CC(NCCCN(C)C)c1ccc(F)c(Cl)c1. The van der Waals surface area contributed by atoms with E-state index in [1.54, 1.807) is 12.1 Å². The summed E-state index contributed by atoms with van der Waals surface area (Å²) >= 11 is 5.75. The van der Waals surface area contributed by atoms with E-state index < -0.39 is 0 Å². The largest absolute Gasteiger partial charge is 0.310 e. The molecule has 0 bridgehead atoms. The van der Waals surface area contributed by atoms with Gasteiger partial charge in [-0.25, -0.2) is 4.39 Å². The van der Waals surface area contributed by atoms with Crippen molar-refractivity contribution in [1.82, 2.24) is 10.2 Å². The lowest BCUT2D eigenvalue weighted by Crippen LogP contribution is -2.23. The zero-order valence-electron chi connectivity index (χ0n) is 10.6. The second kappa shape index (κ2) is 6.94. The Balaban J connectivity index is 2.41. The third kappa shape index (κ3) is 5.02. The molecule has 0 saturated heterocycles. The van der Waals surface area contributed by atoms with Gasteiger partial charge in [0.2, 0.25) is 0 Å². The van der Waals surface area contributed by atoms with E-state index in [2.05, 4.69) is 31.2 Å². The van der Waals surface area contributed by atoms with Crippen molar-refractivity contribution in [3.63, 3.8) is 0 Å². The van der Waals surface area contributed by atoms with Crippen LogP contribution in [0.15, 0.2) is 18.2 Å². The molecular weight excluding hydrogens is 239 g/mol. The fourth-order valence-corrected chi connectivity index (χ4v) is 1.80. The number of hydrogen-bond donors (Lipinski definition) is 1. The molecule has 1 unspecified atom stereocenters. The van der Waals surface area contributed by atoms with Crippen LogP contribution in [0.25, 0.3) is 0 Å². The molecule has 1 rings (SSSR count). The highest BCUT2D eigenvalue weighted by atomic mass is 35.5. The predicted molar refractivity (Wildman–Crippen MR) is 71.0 cm³/mol. The molecular formula is C13H20ClFN2. The lowest BCUT2D eigenvalue weighted by molar-refractivity contribution is 0.389. The maximum absolute atomic E-state index is 13.0. The number of nitrogens with zero attached hydrogens (tertiary/aromatic N) is 1. The van der Waals surface area contributed by atoms with Gasteiger partial charge in [0.05, 0.1) is 5.02 Å². The molecule has 96 valence electrons. The number of benzene rings is 1. The van der Waals surface area contributed by atoms with Crippen LogP contribution in [0.3, 0.4) is 0 Å². The lowest BCUT2D eigenvalue weighted by atomic mass is 10.1. The fraction of sp³-hybridized carbons (Fsp3) is 0.538. The van der Waals surface area contributed by atoms with E-state index in [-0.39, 0.29) is 16.9 Å². The Labute approximate surface area is 108 Å². The standard InChI is InChI=1S/C13H20ClFN2/c1-10(16-7-4-8-17(2)3)11-5-6-13(15)12(14)9-11/h5-6,9-10,16H,4,7-8H2,1-3H3. The van der Waals surface area contributed by atoms with Gasteiger partial charge in [0.15, 0.2) is 0 Å². The van der Waals surface area contributed by atoms with Crippen LogP contribution in [0.2, 0.25) is 5.02 Å². The van der Waals surface area contributed by atoms with E-state index in [1.165, 1.54) is 6.07 Å². The van der Waals surface area contributed by atoms with Gasteiger partial charge in [0, 0.05) is 6.04 Å². The summed E-state index contributed by atoms with van der Waals surface area (Å²) < 4.78 is 13.0. The maximum atomic E-state index is 13.0. The van der Waals surface area contributed by atoms with Gasteiger partial charge in [0.25, 0.3) is 0 Å². The van der Waals surface area contributed by atoms with Crippen LogP contribution in [0.4, 0.5) is 4.39 Å². The predicted octanol–water partition coefficient (Wildman–Crippen LogP) is 3.08. The summed E-state index contributed by atoms with van der Waals surface area (Å²) in [5.41, 5.74) is 1.02. The molecule has 0 fully saturated rings. The number of halogens is 2. The third-order valence-corrected chi connectivity index (χ3v) is 2.97. The molecule has 0 aliphatic rings. The first-order valence-electron chi connectivity index (χ1n) is 5.83. The molecule has 1 N–H and O–H groups in total. The topological polar surface area (TPSA) is 15.3 Å². The Morgan fingerprint density at radius 3 is 2.71 bits per heavy atom. The van der Waals surface area contributed by atoms with E-state index in [1.807, 2.05) is 0 Å². The lowest BCUT2D eigenvalue weighted by Gasteiger charge is -2.16. The molecule has 0 radical (unpaired) electrons. The normalized spacial score (nSPS) is 13.1. The van der Waals surface area contributed by atoms with E-state index in [0.29, 0.717) is 0 Å². The Bertz CT molecular complexity index is 355. The molecule has 1 atom stereocenters. The van der Waals surface area contributed by atoms with Gasteiger partial charge >= 0.3 is 0 Å². The fourth-order valence-electron chi connectivity index (χ4n) is 1.61. The summed E-state index contributed by atoms with van der Waals surface area (Å²) in [6.07, 6.45) is 1.09. The van der Waals surface area contributed by atoms with E-state index in [9.17, 15) is 4.39 Å². The van der Waals surface area contributed by atoms with Gasteiger partial charge in [-0.15, -0.1) is 0 Å². The Hall–Kier alpha value is -0.640. The van der Waals surface area contributed by atoms with Crippen LogP contribution in [-0.2, 0) is 0 Å². The zero-order chi connectivity index (χ0) is 12.8. The molecule has 0 amide bonds. The van der Waals surface area contributed by atoms with Crippen molar-refractivity contribution < 1.29 is 4.39 Å². The summed E-state index contributed by atoms with van der Waals surface area (Å²) in [4.78, 5) is 2.15. The Morgan fingerprint density at radius 2 is 2.12 bits per heavy atom.